The number of pyridine rings is 1. The number of nitrogen functional groups attached to an aromatic ring is 1. The van der Waals surface area contributed by atoms with Gasteiger partial charge in [-0.25, -0.2) is 4.98 Å². The molecule has 29 heavy (non-hydrogen) atoms. The number of para-hydroxylation sites is 1. The zero-order chi connectivity index (χ0) is 19.9. The van der Waals surface area contributed by atoms with E-state index in [1.54, 1.807) is 0 Å². The summed E-state index contributed by atoms with van der Waals surface area (Å²) < 4.78 is 0. The molecule has 0 amide bonds. The number of aromatic nitrogens is 1. The highest BCUT2D eigenvalue weighted by molar-refractivity contribution is 5.63. The predicted octanol–water partition coefficient (Wildman–Crippen LogP) is 4.48. The van der Waals surface area contributed by atoms with E-state index in [1.807, 2.05) is 18.3 Å². The maximum Gasteiger partial charge on any atom is 0.123 e. The van der Waals surface area contributed by atoms with Crippen LogP contribution in [-0.4, -0.2) is 42.6 Å². The first kappa shape index (κ1) is 19.5. The van der Waals surface area contributed by atoms with Crippen LogP contribution < -0.4 is 10.6 Å². The van der Waals surface area contributed by atoms with E-state index in [9.17, 15) is 0 Å². The summed E-state index contributed by atoms with van der Waals surface area (Å²) in [4.78, 5) is 9.28. The Morgan fingerprint density at radius 3 is 2.17 bits per heavy atom. The summed E-state index contributed by atoms with van der Waals surface area (Å²) in [6, 6.07) is 23.5. The SMILES string of the molecule is Nc1ccc(-c2ccc(CCCCN3CCN(c4ccccc4)CC3)cc2)cn1. The minimum atomic E-state index is 0.562. The Hall–Kier alpha value is -2.85. The molecule has 2 N–H and O–H groups in total. The maximum absolute atomic E-state index is 5.67. The molecule has 4 nitrogen and oxygen atoms in total. The molecule has 0 saturated carbocycles. The topological polar surface area (TPSA) is 45.4 Å². The van der Waals surface area contributed by atoms with Gasteiger partial charge in [0.1, 0.15) is 5.82 Å². The largest absolute Gasteiger partial charge is 0.384 e. The first-order valence-corrected chi connectivity index (χ1v) is 10.6. The van der Waals surface area contributed by atoms with E-state index in [1.165, 1.54) is 49.3 Å². The molecule has 0 aliphatic carbocycles. The van der Waals surface area contributed by atoms with E-state index in [2.05, 4.69) is 69.4 Å². The average Bonchev–Trinajstić information content (AvgIpc) is 2.79. The quantitative estimate of drug-likeness (QED) is 0.608. The van der Waals surface area contributed by atoms with Crippen LogP contribution in [0.15, 0.2) is 72.9 Å². The molecule has 1 fully saturated rings. The third-order valence-electron chi connectivity index (χ3n) is 5.76. The third-order valence-corrected chi connectivity index (χ3v) is 5.76. The third kappa shape index (κ3) is 5.36. The standard InChI is InChI=1S/C25H30N4/c26-25-14-13-23(20-27-25)22-11-9-21(10-12-22)6-4-5-15-28-16-18-29(19-17-28)24-7-2-1-3-8-24/h1-3,7-14,20H,4-6,15-19H2,(H2,26,27). The lowest BCUT2D eigenvalue weighted by molar-refractivity contribution is 0.253. The van der Waals surface area contributed by atoms with Gasteiger partial charge in [-0.2, -0.15) is 0 Å². The molecule has 0 bridgehead atoms. The van der Waals surface area contributed by atoms with Gasteiger partial charge in [-0.05, 0) is 61.2 Å². The molecular formula is C25H30N4. The van der Waals surface area contributed by atoms with Gasteiger partial charge in [0.15, 0.2) is 0 Å². The fourth-order valence-corrected chi connectivity index (χ4v) is 3.97. The maximum atomic E-state index is 5.67. The number of hydrogen-bond acceptors (Lipinski definition) is 4. The van der Waals surface area contributed by atoms with Crippen molar-refractivity contribution in [3.8, 4) is 11.1 Å². The number of aryl methyl sites for hydroxylation is 1. The Kier molecular flexibility index (Phi) is 6.42. The van der Waals surface area contributed by atoms with Gasteiger partial charge >= 0.3 is 0 Å². The summed E-state index contributed by atoms with van der Waals surface area (Å²) in [7, 11) is 0. The zero-order valence-corrected chi connectivity index (χ0v) is 17.0. The first-order valence-electron chi connectivity index (χ1n) is 10.6. The van der Waals surface area contributed by atoms with Gasteiger partial charge in [0.2, 0.25) is 0 Å². The number of benzene rings is 2. The lowest BCUT2D eigenvalue weighted by Gasteiger charge is -2.36. The molecule has 1 aliphatic heterocycles. The van der Waals surface area contributed by atoms with Crippen LogP contribution in [0.1, 0.15) is 18.4 Å². The van der Waals surface area contributed by atoms with Crippen molar-refractivity contribution in [3.63, 3.8) is 0 Å². The van der Waals surface area contributed by atoms with Gasteiger partial charge in [0, 0.05) is 43.6 Å². The van der Waals surface area contributed by atoms with Gasteiger partial charge in [-0.3, -0.25) is 4.90 Å². The van der Waals surface area contributed by atoms with Crippen LogP contribution >= 0.6 is 0 Å². The van der Waals surface area contributed by atoms with Crippen molar-refractivity contribution >= 4 is 11.5 Å². The van der Waals surface area contributed by atoms with E-state index < -0.39 is 0 Å². The zero-order valence-electron chi connectivity index (χ0n) is 17.0. The van der Waals surface area contributed by atoms with Gasteiger partial charge in [-0.15, -0.1) is 0 Å². The molecular weight excluding hydrogens is 356 g/mol. The van der Waals surface area contributed by atoms with Crippen molar-refractivity contribution in [2.75, 3.05) is 43.4 Å². The van der Waals surface area contributed by atoms with Crippen molar-refractivity contribution in [2.24, 2.45) is 0 Å². The highest BCUT2D eigenvalue weighted by atomic mass is 15.3. The minimum Gasteiger partial charge on any atom is -0.384 e. The molecule has 2 aromatic carbocycles. The summed E-state index contributed by atoms with van der Waals surface area (Å²) in [6.45, 7) is 5.80. The van der Waals surface area contributed by atoms with Crippen LogP contribution in [0.5, 0.6) is 0 Å². The first-order chi connectivity index (χ1) is 14.3. The van der Waals surface area contributed by atoms with E-state index in [4.69, 9.17) is 5.73 Å². The molecule has 4 rings (SSSR count). The normalized spacial score (nSPS) is 14.8. The van der Waals surface area contributed by atoms with Crippen molar-refractivity contribution in [1.29, 1.82) is 0 Å². The van der Waals surface area contributed by atoms with Crippen LogP contribution in [0.25, 0.3) is 11.1 Å². The minimum absolute atomic E-state index is 0.562. The van der Waals surface area contributed by atoms with Crippen molar-refractivity contribution < 1.29 is 0 Å². The molecule has 0 atom stereocenters. The molecule has 0 spiro atoms. The van der Waals surface area contributed by atoms with E-state index in [0.717, 1.165) is 25.1 Å². The second kappa shape index (κ2) is 9.57. The number of nitrogens with two attached hydrogens (primary N) is 1. The number of rotatable bonds is 7. The van der Waals surface area contributed by atoms with E-state index in [0.29, 0.717) is 5.82 Å². The molecule has 3 aromatic rings. The smallest absolute Gasteiger partial charge is 0.123 e. The van der Waals surface area contributed by atoms with Crippen molar-refractivity contribution in [3.05, 3.63) is 78.5 Å². The van der Waals surface area contributed by atoms with Crippen LogP contribution in [0.4, 0.5) is 11.5 Å². The van der Waals surface area contributed by atoms with Gasteiger partial charge in [0.25, 0.3) is 0 Å². The highest BCUT2D eigenvalue weighted by Gasteiger charge is 2.16. The monoisotopic (exact) mass is 386 g/mol. The van der Waals surface area contributed by atoms with Gasteiger partial charge in [0.05, 0.1) is 0 Å². The van der Waals surface area contributed by atoms with Crippen LogP contribution in [0, 0.1) is 0 Å². The molecule has 0 radical (unpaired) electrons. The Labute approximate surface area is 174 Å². The number of nitrogens with zero attached hydrogens (tertiary/aromatic N) is 3. The summed E-state index contributed by atoms with van der Waals surface area (Å²) in [6.07, 6.45) is 5.47. The Morgan fingerprint density at radius 2 is 1.48 bits per heavy atom. The van der Waals surface area contributed by atoms with Crippen LogP contribution in [-0.2, 0) is 6.42 Å². The molecule has 0 unspecified atom stereocenters. The lowest BCUT2D eigenvalue weighted by atomic mass is 10.0. The Balaban J connectivity index is 1.17. The highest BCUT2D eigenvalue weighted by Crippen LogP contribution is 2.20. The van der Waals surface area contributed by atoms with Gasteiger partial charge in [-0.1, -0.05) is 42.5 Å². The Bertz CT molecular complexity index is 867. The number of hydrogen-bond donors (Lipinski definition) is 1. The fraction of sp³-hybridized carbons (Fsp3) is 0.320. The molecule has 1 saturated heterocycles. The molecule has 1 aliphatic rings. The molecule has 150 valence electrons. The average molecular weight is 387 g/mol. The number of piperazine rings is 1. The van der Waals surface area contributed by atoms with Crippen molar-refractivity contribution in [1.82, 2.24) is 9.88 Å². The van der Waals surface area contributed by atoms with Gasteiger partial charge < -0.3 is 10.6 Å². The summed E-state index contributed by atoms with van der Waals surface area (Å²) >= 11 is 0. The number of unbranched alkanes of at least 4 members (excludes halogenated alkanes) is 1. The summed E-state index contributed by atoms with van der Waals surface area (Å²) in [5, 5.41) is 0. The van der Waals surface area contributed by atoms with Crippen LogP contribution in [0.3, 0.4) is 0 Å². The van der Waals surface area contributed by atoms with E-state index >= 15 is 0 Å². The second-order valence-electron chi connectivity index (χ2n) is 7.79. The lowest BCUT2D eigenvalue weighted by Crippen LogP contribution is -2.46. The fourth-order valence-electron chi connectivity index (χ4n) is 3.97. The summed E-state index contributed by atoms with van der Waals surface area (Å²) in [5.74, 6) is 0.562. The molecule has 2 heterocycles. The van der Waals surface area contributed by atoms with Crippen molar-refractivity contribution in [2.45, 2.75) is 19.3 Å². The Morgan fingerprint density at radius 1 is 0.759 bits per heavy atom. The second-order valence-corrected chi connectivity index (χ2v) is 7.79. The summed E-state index contributed by atoms with van der Waals surface area (Å²) in [5.41, 5.74) is 10.7. The molecule has 1 aromatic heterocycles. The van der Waals surface area contributed by atoms with Crippen LogP contribution in [0.2, 0.25) is 0 Å². The number of anilines is 2. The van der Waals surface area contributed by atoms with E-state index in [-0.39, 0.29) is 0 Å². The molecule has 4 heteroatoms. The predicted molar refractivity (Wildman–Crippen MR) is 122 cm³/mol.